The lowest BCUT2D eigenvalue weighted by atomic mass is 10.1. The number of esters is 1. The van der Waals surface area contributed by atoms with Crippen molar-refractivity contribution in [2.75, 3.05) is 7.11 Å². The molecule has 0 unspecified atom stereocenters. The molecule has 0 amide bonds. The van der Waals surface area contributed by atoms with E-state index >= 15 is 0 Å². The van der Waals surface area contributed by atoms with Crippen molar-refractivity contribution >= 4 is 11.8 Å². The fraction of sp³-hybridized carbons (Fsp3) is 0.846. The molecule has 0 aliphatic heterocycles. The SMILES string of the molecule is CCC(=O)CCCCCCCCC(=O)OC. The number of unbranched alkanes of at least 4 members (excludes halogenated alkanes) is 5. The summed E-state index contributed by atoms with van der Waals surface area (Å²) < 4.78 is 4.56. The van der Waals surface area contributed by atoms with E-state index in [9.17, 15) is 9.59 Å². The second-order valence-corrected chi connectivity index (χ2v) is 4.09. The van der Waals surface area contributed by atoms with E-state index in [2.05, 4.69) is 4.74 Å². The van der Waals surface area contributed by atoms with Gasteiger partial charge in [-0.2, -0.15) is 0 Å². The van der Waals surface area contributed by atoms with Crippen molar-refractivity contribution in [2.45, 2.75) is 64.7 Å². The molecular weight excluding hydrogens is 204 g/mol. The molecule has 0 atom stereocenters. The first-order valence-corrected chi connectivity index (χ1v) is 6.29. The molecule has 0 saturated heterocycles. The molecule has 0 aromatic carbocycles. The van der Waals surface area contributed by atoms with Gasteiger partial charge in [0.05, 0.1) is 7.11 Å². The van der Waals surface area contributed by atoms with Gasteiger partial charge < -0.3 is 4.74 Å². The summed E-state index contributed by atoms with van der Waals surface area (Å²) in [6.45, 7) is 1.91. The van der Waals surface area contributed by atoms with Crippen molar-refractivity contribution in [3.8, 4) is 0 Å². The van der Waals surface area contributed by atoms with Crippen molar-refractivity contribution in [3.63, 3.8) is 0 Å². The first kappa shape index (κ1) is 15.1. The highest BCUT2D eigenvalue weighted by Crippen LogP contribution is 2.09. The van der Waals surface area contributed by atoms with E-state index < -0.39 is 0 Å². The number of rotatable bonds is 10. The molecule has 0 radical (unpaired) electrons. The third-order valence-corrected chi connectivity index (χ3v) is 2.71. The summed E-state index contributed by atoms with van der Waals surface area (Å²) in [7, 11) is 1.42. The third kappa shape index (κ3) is 9.69. The minimum atomic E-state index is -0.117. The van der Waals surface area contributed by atoms with Crippen LogP contribution in [0.25, 0.3) is 0 Å². The molecule has 3 heteroatoms. The van der Waals surface area contributed by atoms with Crippen molar-refractivity contribution in [1.82, 2.24) is 0 Å². The molecule has 94 valence electrons. The largest absolute Gasteiger partial charge is 0.469 e. The molecule has 0 spiro atoms. The van der Waals surface area contributed by atoms with E-state index in [0.717, 1.165) is 44.9 Å². The zero-order valence-electron chi connectivity index (χ0n) is 10.6. The lowest BCUT2D eigenvalue weighted by molar-refractivity contribution is -0.140. The molecule has 0 heterocycles. The molecule has 0 aliphatic carbocycles. The highest BCUT2D eigenvalue weighted by atomic mass is 16.5. The molecule has 0 aromatic heterocycles. The van der Waals surface area contributed by atoms with Gasteiger partial charge in [0.2, 0.25) is 0 Å². The lowest BCUT2D eigenvalue weighted by Gasteiger charge is -2.01. The van der Waals surface area contributed by atoms with E-state index in [1.165, 1.54) is 7.11 Å². The van der Waals surface area contributed by atoms with Crippen molar-refractivity contribution < 1.29 is 14.3 Å². The van der Waals surface area contributed by atoms with Crippen LogP contribution in [0, 0.1) is 0 Å². The highest BCUT2D eigenvalue weighted by molar-refractivity contribution is 5.77. The van der Waals surface area contributed by atoms with E-state index in [-0.39, 0.29) is 5.97 Å². The number of hydrogen-bond donors (Lipinski definition) is 0. The Morgan fingerprint density at radius 2 is 1.38 bits per heavy atom. The van der Waals surface area contributed by atoms with Gasteiger partial charge in [0.1, 0.15) is 5.78 Å². The molecule has 0 rings (SSSR count). The van der Waals surface area contributed by atoms with Gasteiger partial charge in [-0.1, -0.05) is 32.6 Å². The van der Waals surface area contributed by atoms with Gasteiger partial charge >= 0.3 is 5.97 Å². The number of carbonyl (C=O) groups excluding carboxylic acids is 2. The molecule has 0 fully saturated rings. The summed E-state index contributed by atoms with van der Waals surface area (Å²) in [4.78, 5) is 21.8. The first-order chi connectivity index (χ1) is 7.70. The smallest absolute Gasteiger partial charge is 0.305 e. The molecule has 0 aromatic rings. The Morgan fingerprint density at radius 3 is 1.88 bits per heavy atom. The first-order valence-electron chi connectivity index (χ1n) is 6.29. The number of carbonyl (C=O) groups is 2. The number of Topliss-reactive ketones (excluding diaryl/α,β-unsaturated/α-hetero) is 1. The van der Waals surface area contributed by atoms with Crippen molar-refractivity contribution in [2.24, 2.45) is 0 Å². The predicted molar refractivity (Wildman–Crippen MR) is 64.3 cm³/mol. The Morgan fingerprint density at radius 1 is 0.875 bits per heavy atom. The van der Waals surface area contributed by atoms with Crippen LogP contribution in [0.5, 0.6) is 0 Å². The zero-order chi connectivity index (χ0) is 12.2. The average molecular weight is 228 g/mol. The second-order valence-electron chi connectivity index (χ2n) is 4.09. The van der Waals surface area contributed by atoms with Crippen LogP contribution in [0.3, 0.4) is 0 Å². The van der Waals surface area contributed by atoms with E-state index in [1.54, 1.807) is 0 Å². The second kappa shape index (κ2) is 10.7. The average Bonchev–Trinajstić information content (AvgIpc) is 2.31. The van der Waals surface area contributed by atoms with E-state index in [1.807, 2.05) is 6.92 Å². The van der Waals surface area contributed by atoms with Crippen molar-refractivity contribution in [1.29, 1.82) is 0 Å². The molecule has 0 N–H and O–H groups in total. The maximum atomic E-state index is 11.0. The van der Waals surface area contributed by atoms with Crippen LogP contribution in [-0.4, -0.2) is 18.9 Å². The highest BCUT2D eigenvalue weighted by Gasteiger charge is 2.00. The van der Waals surface area contributed by atoms with Crippen molar-refractivity contribution in [3.05, 3.63) is 0 Å². The van der Waals surface area contributed by atoms with Crippen LogP contribution < -0.4 is 0 Å². The van der Waals surface area contributed by atoms with Crippen LogP contribution in [0.4, 0.5) is 0 Å². The number of ketones is 1. The summed E-state index contributed by atoms with van der Waals surface area (Å²) in [5, 5.41) is 0. The van der Waals surface area contributed by atoms with Crippen LogP contribution in [-0.2, 0) is 14.3 Å². The fourth-order valence-corrected chi connectivity index (χ4v) is 1.58. The van der Waals surface area contributed by atoms with Crippen LogP contribution in [0.1, 0.15) is 64.7 Å². The molecule has 3 nitrogen and oxygen atoms in total. The molecule has 0 aliphatic rings. The molecular formula is C13H24O3. The van der Waals surface area contributed by atoms with Crippen LogP contribution >= 0.6 is 0 Å². The quantitative estimate of drug-likeness (QED) is 0.426. The Labute approximate surface area is 98.6 Å². The van der Waals surface area contributed by atoms with Crippen LogP contribution in [0.2, 0.25) is 0 Å². The van der Waals surface area contributed by atoms with Crippen LogP contribution in [0.15, 0.2) is 0 Å². The molecule has 0 bridgehead atoms. The third-order valence-electron chi connectivity index (χ3n) is 2.71. The normalized spacial score (nSPS) is 10.1. The summed E-state index contributed by atoms with van der Waals surface area (Å²) in [6.07, 6.45) is 8.39. The number of hydrogen-bond acceptors (Lipinski definition) is 3. The van der Waals surface area contributed by atoms with Gasteiger partial charge in [0, 0.05) is 19.3 Å². The van der Waals surface area contributed by atoms with E-state index in [4.69, 9.17) is 0 Å². The Bertz CT molecular complexity index is 177. The van der Waals surface area contributed by atoms with E-state index in [0.29, 0.717) is 18.6 Å². The predicted octanol–water partition coefficient (Wildman–Crippen LogP) is 3.26. The standard InChI is InChI=1S/C13H24O3/c1-3-12(14)10-8-6-4-5-7-9-11-13(15)16-2/h3-11H2,1-2H3. The number of ether oxygens (including phenoxy) is 1. The fourth-order valence-electron chi connectivity index (χ4n) is 1.58. The summed E-state index contributed by atoms with van der Waals surface area (Å²) in [5.41, 5.74) is 0. The summed E-state index contributed by atoms with van der Waals surface area (Å²) >= 11 is 0. The maximum absolute atomic E-state index is 11.0. The van der Waals surface area contributed by atoms with Gasteiger partial charge in [-0.15, -0.1) is 0 Å². The molecule has 16 heavy (non-hydrogen) atoms. The minimum absolute atomic E-state index is 0.117. The minimum Gasteiger partial charge on any atom is -0.469 e. The van der Waals surface area contributed by atoms with Gasteiger partial charge in [-0.25, -0.2) is 0 Å². The summed E-state index contributed by atoms with van der Waals surface area (Å²) in [6, 6.07) is 0. The van der Waals surface area contributed by atoms with Gasteiger partial charge in [0.15, 0.2) is 0 Å². The summed E-state index contributed by atoms with van der Waals surface area (Å²) in [5.74, 6) is 0.249. The Hall–Kier alpha value is -0.860. The Kier molecular flexibility index (Phi) is 10.1. The van der Waals surface area contributed by atoms with Gasteiger partial charge in [-0.05, 0) is 12.8 Å². The monoisotopic (exact) mass is 228 g/mol. The zero-order valence-corrected chi connectivity index (χ0v) is 10.6. The van der Waals surface area contributed by atoms with Gasteiger partial charge in [-0.3, -0.25) is 9.59 Å². The lowest BCUT2D eigenvalue weighted by Crippen LogP contribution is -1.99. The number of methoxy groups -OCH3 is 1. The van der Waals surface area contributed by atoms with Gasteiger partial charge in [0.25, 0.3) is 0 Å². The Balaban J connectivity index is 3.10. The maximum Gasteiger partial charge on any atom is 0.305 e. The molecule has 0 saturated carbocycles. The topological polar surface area (TPSA) is 43.4 Å².